The molecule has 2 aromatic carbocycles. The topological polar surface area (TPSA) is 67.4 Å². The predicted octanol–water partition coefficient (Wildman–Crippen LogP) is 3.40. The van der Waals surface area contributed by atoms with Gasteiger partial charge in [-0.05, 0) is 44.2 Å². The molecule has 0 spiro atoms. The van der Waals surface area contributed by atoms with Gasteiger partial charge in [0.1, 0.15) is 5.75 Å². The van der Waals surface area contributed by atoms with Crippen molar-refractivity contribution >= 4 is 17.4 Å². The number of nitrogens with one attached hydrogen (secondary N) is 2. The molecule has 5 nitrogen and oxygen atoms in total. The van der Waals surface area contributed by atoms with E-state index < -0.39 is 6.10 Å². The summed E-state index contributed by atoms with van der Waals surface area (Å²) in [7, 11) is 0. The van der Waals surface area contributed by atoms with Crippen LogP contribution in [0.25, 0.3) is 0 Å². The Hall–Kier alpha value is -2.66. The molecule has 0 bridgehead atoms. The zero-order valence-corrected chi connectivity index (χ0v) is 14.8. The third kappa shape index (κ3) is 5.43. The van der Waals surface area contributed by atoms with Crippen molar-refractivity contribution in [1.29, 1.82) is 0 Å². The first-order valence-electron chi connectivity index (χ1n) is 8.38. The lowest BCUT2D eigenvalue weighted by atomic mass is 10.1. The van der Waals surface area contributed by atoms with Gasteiger partial charge in [0, 0.05) is 17.8 Å². The molecule has 0 saturated carbocycles. The van der Waals surface area contributed by atoms with Gasteiger partial charge in [0.2, 0.25) is 0 Å². The van der Waals surface area contributed by atoms with Crippen LogP contribution in [0, 0.1) is 0 Å². The number of ether oxygens (including phenoxy) is 1. The summed E-state index contributed by atoms with van der Waals surface area (Å²) in [5.74, 6) is 0.216. The van der Waals surface area contributed by atoms with Crippen LogP contribution < -0.4 is 15.4 Å². The van der Waals surface area contributed by atoms with Crippen molar-refractivity contribution in [2.24, 2.45) is 0 Å². The molecule has 0 saturated heterocycles. The van der Waals surface area contributed by atoms with Crippen LogP contribution >= 0.6 is 0 Å². The Labute approximate surface area is 148 Å². The third-order valence-corrected chi connectivity index (χ3v) is 3.76. The van der Waals surface area contributed by atoms with E-state index in [1.54, 1.807) is 31.2 Å². The Kier molecular flexibility index (Phi) is 6.71. The number of ketones is 1. The van der Waals surface area contributed by atoms with Crippen LogP contribution in [0.4, 0.5) is 5.69 Å². The number of benzene rings is 2. The molecule has 1 amide bonds. The summed E-state index contributed by atoms with van der Waals surface area (Å²) in [4.78, 5) is 23.9. The van der Waals surface area contributed by atoms with E-state index in [1.807, 2.05) is 31.2 Å². The van der Waals surface area contributed by atoms with Gasteiger partial charge in [0.05, 0.1) is 0 Å². The zero-order chi connectivity index (χ0) is 18.2. The van der Waals surface area contributed by atoms with Gasteiger partial charge in [-0.15, -0.1) is 0 Å². The number of anilines is 1. The van der Waals surface area contributed by atoms with Crippen LogP contribution in [-0.2, 0) is 11.3 Å². The van der Waals surface area contributed by atoms with E-state index in [1.165, 1.54) is 6.92 Å². The third-order valence-electron chi connectivity index (χ3n) is 3.76. The number of para-hydroxylation sites is 1. The molecule has 0 aliphatic rings. The highest BCUT2D eigenvalue weighted by Gasteiger charge is 2.16. The van der Waals surface area contributed by atoms with E-state index in [0.29, 0.717) is 17.9 Å². The maximum absolute atomic E-state index is 12.4. The molecule has 132 valence electrons. The summed E-state index contributed by atoms with van der Waals surface area (Å²) in [5, 5.41) is 6.16. The van der Waals surface area contributed by atoms with Crippen molar-refractivity contribution in [1.82, 2.24) is 5.32 Å². The smallest absolute Gasteiger partial charge is 0.265 e. The Morgan fingerprint density at radius 2 is 1.88 bits per heavy atom. The quantitative estimate of drug-likeness (QED) is 0.723. The number of carbonyl (C=O) groups excluding carboxylic acids is 2. The zero-order valence-electron chi connectivity index (χ0n) is 14.8. The molecule has 5 heteroatoms. The summed E-state index contributed by atoms with van der Waals surface area (Å²) in [6, 6.07) is 14.5. The Balaban J connectivity index is 2.03. The standard InChI is InChI=1S/C20H24N2O3/c1-4-21-13-17-8-5-6-11-19(17)22-20(24)15(3)25-18-10-7-9-16(12-18)14(2)23/h5-12,15,21H,4,13H2,1-3H3,(H,22,24). The maximum atomic E-state index is 12.4. The summed E-state index contributed by atoms with van der Waals surface area (Å²) in [5.41, 5.74) is 2.34. The molecular formula is C20H24N2O3. The van der Waals surface area contributed by atoms with Crippen LogP contribution in [0.1, 0.15) is 36.7 Å². The minimum atomic E-state index is -0.686. The molecule has 25 heavy (non-hydrogen) atoms. The summed E-state index contributed by atoms with van der Waals surface area (Å²) < 4.78 is 5.68. The highest BCUT2D eigenvalue weighted by molar-refractivity contribution is 5.95. The molecule has 2 rings (SSSR count). The molecule has 0 radical (unpaired) electrons. The molecule has 0 aliphatic heterocycles. The molecular weight excluding hydrogens is 316 g/mol. The normalized spacial score (nSPS) is 11.6. The van der Waals surface area contributed by atoms with Crippen molar-refractivity contribution in [2.45, 2.75) is 33.4 Å². The number of amides is 1. The van der Waals surface area contributed by atoms with Gasteiger partial charge in [-0.2, -0.15) is 0 Å². The number of hydrogen-bond acceptors (Lipinski definition) is 4. The first-order chi connectivity index (χ1) is 12.0. The lowest BCUT2D eigenvalue weighted by molar-refractivity contribution is -0.122. The second kappa shape index (κ2) is 8.99. The average molecular weight is 340 g/mol. The van der Waals surface area contributed by atoms with Crippen LogP contribution in [0.15, 0.2) is 48.5 Å². The van der Waals surface area contributed by atoms with Crippen LogP contribution in [0.3, 0.4) is 0 Å². The molecule has 1 unspecified atom stereocenters. The van der Waals surface area contributed by atoms with E-state index in [9.17, 15) is 9.59 Å². The van der Waals surface area contributed by atoms with Crippen LogP contribution in [0.5, 0.6) is 5.75 Å². The minimum absolute atomic E-state index is 0.0418. The first kappa shape index (κ1) is 18.7. The van der Waals surface area contributed by atoms with E-state index >= 15 is 0 Å². The molecule has 0 aromatic heterocycles. The monoisotopic (exact) mass is 340 g/mol. The largest absolute Gasteiger partial charge is 0.481 e. The molecule has 0 heterocycles. The van der Waals surface area contributed by atoms with E-state index in [2.05, 4.69) is 10.6 Å². The van der Waals surface area contributed by atoms with Gasteiger partial charge in [-0.3, -0.25) is 9.59 Å². The van der Waals surface area contributed by atoms with Gasteiger partial charge < -0.3 is 15.4 Å². The van der Waals surface area contributed by atoms with Crippen molar-refractivity contribution in [3.8, 4) is 5.75 Å². The second-order valence-corrected chi connectivity index (χ2v) is 5.77. The number of carbonyl (C=O) groups is 2. The van der Waals surface area contributed by atoms with E-state index in [-0.39, 0.29) is 11.7 Å². The Morgan fingerprint density at radius 1 is 1.12 bits per heavy atom. The fourth-order valence-corrected chi connectivity index (χ4v) is 2.34. The predicted molar refractivity (Wildman–Crippen MR) is 99.0 cm³/mol. The number of hydrogen-bond donors (Lipinski definition) is 2. The van der Waals surface area contributed by atoms with Crippen molar-refractivity contribution in [3.05, 3.63) is 59.7 Å². The van der Waals surface area contributed by atoms with Crippen LogP contribution in [-0.4, -0.2) is 24.3 Å². The number of Topliss-reactive ketones (excluding diaryl/α,β-unsaturated/α-hetero) is 1. The minimum Gasteiger partial charge on any atom is -0.481 e. The summed E-state index contributed by atoms with van der Waals surface area (Å²) in [6.07, 6.45) is -0.686. The van der Waals surface area contributed by atoms with Gasteiger partial charge in [0.25, 0.3) is 5.91 Å². The summed E-state index contributed by atoms with van der Waals surface area (Å²) >= 11 is 0. The van der Waals surface area contributed by atoms with E-state index in [0.717, 1.165) is 17.8 Å². The molecule has 1 atom stereocenters. The van der Waals surface area contributed by atoms with E-state index in [4.69, 9.17) is 4.74 Å². The average Bonchev–Trinajstić information content (AvgIpc) is 2.61. The number of rotatable bonds is 8. The lowest BCUT2D eigenvalue weighted by Crippen LogP contribution is -2.30. The van der Waals surface area contributed by atoms with Gasteiger partial charge in [0.15, 0.2) is 11.9 Å². The van der Waals surface area contributed by atoms with Crippen molar-refractivity contribution < 1.29 is 14.3 Å². The first-order valence-corrected chi connectivity index (χ1v) is 8.38. The lowest BCUT2D eigenvalue weighted by Gasteiger charge is -2.17. The Morgan fingerprint density at radius 3 is 2.60 bits per heavy atom. The van der Waals surface area contributed by atoms with Crippen LogP contribution in [0.2, 0.25) is 0 Å². The molecule has 2 aromatic rings. The van der Waals surface area contributed by atoms with Gasteiger partial charge in [-0.25, -0.2) is 0 Å². The highest BCUT2D eigenvalue weighted by Crippen LogP contribution is 2.18. The SMILES string of the molecule is CCNCc1ccccc1NC(=O)C(C)Oc1cccc(C(C)=O)c1. The van der Waals surface area contributed by atoms with Crippen molar-refractivity contribution in [2.75, 3.05) is 11.9 Å². The molecule has 2 N–H and O–H groups in total. The van der Waals surface area contributed by atoms with Gasteiger partial charge >= 0.3 is 0 Å². The Bertz CT molecular complexity index is 743. The highest BCUT2D eigenvalue weighted by atomic mass is 16.5. The van der Waals surface area contributed by atoms with Crippen molar-refractivity contribution in [3.63, 3.8) is 0 Å². The molecule has 0 aliphatic carbocycles. The fraction of sp³-hybridized carbons (Fsp3) is 0.300. The summed E-state index contributed by atoms with van der Waals surface area (Å²) in [6.45, 7) is 6.75. The second-order valence-electron chi connectivity index (χ2n) is 5.77. The fourth-order valence-electron chi connectivity index (χ4n) is 2.34. The van der Waals surface area contributed by atoms with Gasteiger partial charge in [-0.1, -0.05) is 37.3 Å². The maximum Gasteiger partial charge on any atom is 0.265 e. The molecule has 0 fully saturated rings.